The summed E-state index contributed by atoms with van der Waals surface area (Å²) in [5.74, 6) is 1.90. The number of guanidine groups is 1. The van der Waals surface area contributed by atoms with Gasteiger partial charge in [-0.2, -0.15) is 0 Å². The summed E-state index contributed by atoms with van der Waals surface area (Å²) >= 11 is 0. The monoisotopic (exact) mass is 252 g/mol. The van der Waals surface area contributed by atoms with Crippen molar-refractivity contribution in [3.8, 4) is 0 Å². The molecule has 0 aliphatic carbocycles. The zero-order valence-electron chi connectivity index (χ0n) is 11.6. The van der Waals surface area contributed by atoms with Gasteiger partial charge in [0.25, 0.3) is 0 Å². The van der Waals surface area contributed by atoms with Gasteiger partial charge in [-0.25, -0.2) is 0 Å². The van der Waals surface area contributed by atoms with Gasteiger partial charge in [0, 0.05) is 32.6 Å². The van der Waals surface area contributed by atoms with Gasteiger partial charge < -0.3 is 15.2 Å². The van der Waals surface area contributed by atoms with Crippen LogP contribution in [0.5, 0.6) is 0 Å². The largest absolute Gasteiger partial charge is 0.357 e. The lowest BCUT2D eigenvalue weighted by Crippen LogP contribution is -2.39. The van der Waals surface area contributed by atoms with Gasteiger partial charge in [-0.15, -0.1) is 10.2 Å². The Bertz CT molecular complexity index is 357. The van der Waals surface area contributed by atoms with E-state index in [2.05, 4.69) is 51.2 Å². The van der Waals surface area contributed by atoms with Crippen molar-refractivity contribution >= 4 is 5.96 Å². The minimum Gasteiger partial charge on any atom is -0.357 e. The third-order valence-corrected chi connectivity index (χ3v) is 2.49. The van der Waals surface area contributed by atoms with Crippen LogP contribution < -0.4 is 10.6 Å². The molecule has 0 unspecified atom stereocenters. The molecular weight excluding hydrogens is 228 g/mol. The van der Waals surface area contributed by atoms with E-state index in [9.17, 15) is 0 Å². The molecule has 0 atom stereocenters. The predicted octanol–water partition coefficient (Wildman–Crippen LogP) is 0.806. The van der Waals surface area contributed by atoms with Gasteiger partial charge in [0.2, 0.25) is 0 Å². The molecule has 0 saturated carbocycles. The Morgan fingerprint density at radius 3 is 2.83 bits per heavy atom. The van der Waals surface area contributed by atoms with Crippen molar-refractivity contribution in [2.75, 3.05) is 19.6 Å². The molecule has 18 heavy (non-hydrogen) atoms. The minimum atomic E-state index is 0.820. The average Bonchev–Trinajstić information content (AvgIpc) is 2.83. The molecule has 0 aliphatic rings. The van der Waals surface area contributed by atoms with Crippen LogP contribution in [-0.4, -0.2) is 40.4 Å². The molecule has 0 bridgehead atoms. The summed E-state index contributed by atoms with van der Waals surface area (Å²) in [6.45, 7) is 9.68. The van der Waals surface area contributed by atoms with Crippen LogP contribution in [0.15, 0.2) is 11.3 Å². The molecule has 1 aromatic rings. The van der Waals surface area contributed by atoms with Gasteiger partial charge in [0.1, 0.15) is 12.2 Å². The highest BCUT2D eigenvalue weighted by atomic mass is 15.3. The number of aliphatic imine (C=N–C) groups is 1. The first-order chi connectivity index (χ1) is 8.81. The second-order valence-corrected chi connectivity index (χ2v) is 3.98. The number of aryl methyl sites for hydroxylation is 1. The van der Waals surface area contributed by atoms with Crippen molar-refractivity contribution in [2.45, 2.75) is 40.2 Å². The minimum absolute atomic E-state index is 0.820. The number of nitrogens with one attached hydrogen (secondary N) is 2. The van der Waals surface area contributed by atoms with Crippen molar-refractivity contribution in [3.63, 3.8) is 0 Å². The summed E-state index contributed by atoms with van der Waals surface area (Å²) in [6, 6.07) is 0. The number of aromatic nitrogens is 3. The molecule has 0 aromatic carbocycles. The molecule has 0 fully saturated rings. The molecule has 0 amide bonds. The summed E-state index contributed by atoms with van der Waals surface area (Å²) in [5.41, 5.74) is 0. The Hall–Kier alpha value is -1.59. The fourth-order valence-corrected chi connectivity index (χ4v) is 1.60. The molecule has 0 spiro atoms. The maximum Gasteiger partial charge on any atom is 0.191 e. The highest BCUT2D eigenvalue weighted by molar-refractivity contribution is 5.79. The van der Waals surface area contributed by atoms with Crippen LogP contribution in [0.25, 0.3) is 0 Å². The lowest BCUT2D eigenvalue weighted by atomic mass is 10.4. The highest BCUT2D eigenvalue weighted by Crippen LogP contribution is 1.94. The lowest BCUT2D eigenvalue weighted by molar-refractivity contribution is 0.632. The summed E-state index contributed by atoms with van der Waals surface area (Å²) in [7, 11) is 0. The predicted molar refractivity (Wildman–Crippen MR) is 73.7 cm³/mol. The van der Waals surface area contributed by atoms with Gasteiger partial charge in [-0.1, -0.05) is 13.8 Å². The molecule has 102 valence electrons. The van der Waals surface area contributed by atoms with E-state index < -0.39 is 0 Å². The standard InChI is InChI=1S/C12H24N6/c1-4-7-14-12(13-6-3)15-8-9-18-10-16-17-11(18)5-2/h10H,4-9H2,1-3H3,(H2,13,14,15). The fourth-order valence-electron chi connectivity index (χ4n) is 1.60. The van der Waals surface area contributed by atoms with Crippen LogP contribution in [0, 0.1) is 0 Å². The topological polar surface area (TPSA) is 67.1 Å². The van der Waals surface area contributed by atoms with Crippen LogP contribution in [0.2, 0.25) is 0 Å². The molecule has 1 aromatic heterocycles. The van der Waals surface area contributed by atoms with Gasteiger partial charge in [-0.05, 0) is 13.3 Å². The molecule has 2 N–H and O–H groups in total. The fraction of sp³-hybridized carbons (Fsp3) is 0.750. The van der Waals surface area contributed by atoms with Crippen molar-refractivity contribution < 1.29 is 0 Å². The van der Waals surface area contributed by atoms with Gasteiger partial charge in [0.15, 0.2) is 5.96 Å². The Kier molecular flexibility index (Phi) is 6.83. The van der Waals surface area contributed by atoms with Crippen LogP contribution in [0.3, 0.4) is 0 Å². The molecule has 0 radical (unpaired) electrons. The summed E-state index contributed by atoms with van der Waals surface area (Å²) < 4.78 is 2.07. The van der Waals surface area contributed by atoms with Crippen LogP contribution in [0.1, 0.15) is 33.0 Å². The van der Waals surface area contributed by atoms with E-state index >= 15 is 0 Å². The Balaban J connectivity index is 2.38. The van der Waals surface area contributed by atoms with Gasteiger partial charge in [0.05, 0.1) is 0 Å². The molecule has 1 heterocycles. The number of rotatable bonds is 7. The van der Waals surface area contributed by atoms with E-state index in [1.54, 1.807) is 6.33 Å². The zero-order chi connectivity index (χ0) is 13.2. The number of hydrogen-bond acceptors (Lipinski definition) is 3. The van der Waals surface area contributed by atoms with E-state index in [1.165, 1.54) is 0 Å². The number of hydrogen-bond donors (Lipinski definition) is 2. The highest BCUT2D eigenvalue weighted by Gasteiger charge is 2.01. The SMILES string of the molecule is CCCN=C(NCC)NCCn1cnnc1CC. The third-order valence-electron chi connectivity index (χ3n) is 2.49. The first kappa shape index (κ1) is 14.5. The molecule has 1 rings (SSSR count). The summed E-state index contributed by atoms with van der Waals surface area (Å²) in [6.07, 6.45) is 3.74. The van der Waals surface area contributed by atoms with E-state index in [4.69, 9.17) is 0 Å². The quantitative estimate of drug-likeness (QED) is 0.556. The lowest BCUT2D eigenvalue weighted by Gasteiger charge is -2.11. The number of nitrogens with zero attached hydrogens (tertiary/aromatic N) is 4. The molecule has 6 heteroatoms. The van der Waals surface area contributed by atoms with Crippen LogP contribution in [0.4, 0.5) is 0 Å². The molecule has 0 saturated heterocycles. The first-order valence-corrected chi connectivity index (χ1v) is 6.70. The van der Waals surface area contributed by atoms with Gasteiger partial charge in [-0.3, -0.25) is 4.99 Å². The maximum atomic E-state index is 4.45. The van der Waals surface area contributed by atoms with Crippen molar-refractivity contribution in [1.29, 1.82) is 0 Å². The van der Waals surface area contributed by atoms with E-state index in [0.717, 1.165) is 50.8 Å². The molecule has 0 aliphatic heterocycles. The Morgan fingerprint density at radius 2 is 2.17 bits per heavy atom. The van der Waals surface area contributed by atoms with Crippen molar-refractivity contribution in [2.24, 2.45) is 4.99 Å². The van der Waals surface area contributed by atoms with Crippen LogP contribution >= 0.6 is 0 Å². The van der Waals surface area contributed by atoms with Gasteiger partial charge >= 0.3 is 0 Å². The molecule has 6 nitrogen and oxygen atoms in total. The second-order valence-electron chi connectivity index (χ2n) is 3.98. The smallest absolute Gasteiger partial charge is 0.191 e. The summed E-state index contributed by atoms with van der Waals surface area (Å²) in [5, 5.41) is 14.5. The first-order valence-electron chi connectivity index (χ1n) is 6.70. The average molecular weight is 252 g/mol. The molecular formula is C12H24N6. The van der Waals surface area contributed by atoms with E-state index in [0.29, 0.717) is 0 Å². The van der Waals surface area contributed by atoms with Crippen LogP contribution in [-0.2, 0) is 13.0 Å². The van der Waals surface area contributed by atoms with E-state index in [-0.39, 0.29) is 0 Å². The third kappa shape index (κ3) is 4.73. The van der Waals surface area contributed by atoms with Crippen molar-refractivity contribution in [1.82, 2.24) is 25.4 Å². The normalized spacial score (nSPS) is 11.6. The summed E-state index contributed by atoms with van der Waals surface area (Å²) in [4.78, 5) is 4.45. The maximum absolute atomic E-state index is 4.45. The van der Waals surface area contributed by atoms with E-state index in [1.807, 2.05) is 0 Å². The second kappa shape index (κ2) is 8.49. The zero-order valence-corrected chi connectivity index (χ0v) is 11.6. The Morgan fingerprint density at radius 1 is 1.33 bits per heavy atom. The Labute approximate surface area is 109 Å². The van der Waals surface area contributed by atoms with Crippen molar-refractivity contribution in [3.05, 3.63) is 12.2 Å².